The smallest absolute Gasteiger partial charge is 0.151 e. The Balaban J connectivity index is 1.95. The van der Waals surface area contributed by atoms with Crippen molar-refractivity contribution >= 4 is 11.3 Å². The first kappa shape index (κ1) is 12.3. The number of hydrogen-bond donors (Lipinski definition) is 1. The van der Waals surface area contributed by atoms with Gasteiger partial charge in [-0.05, 0) is 18.0 Å². The number of rotatable bonds is 6. The van der Waals surface area contributed by atoms with Gasteiger partial charge in [0.05, 0.1) is 12.2 Å². The van der Waals surface area contributed by atoms with Crippen LogP contribution in [0.1, 0.15) is 23.3 Å². The number of nitrogens with two attached hydrogens (primary N) is 1. The maximum Gasteiger partial charge on any atom is 0.151 e. The van der Waals surface area contributed by atoms with Crippen LogP contribution < -0.4 is 5.73 Å². The van der Waals surface area contributed by atoms with Gasteiger partial charge in [0, 0.05) is 24.0 Å². The normalized spacial score (nSPS) is 11.2. The molecule has 0 radical (unpaired) electrons. The second-order valence-corrected chi connectivity index (χ2v) is 4.90. The summed E-state index contributed by atoms with van der Waals surface area (Å²) in [4.78, 5) is 3.68. The van der Waals surface area contributed by atoms with Crippen LogP contribution in [0.25, 0.3) is 0 Å². The molecule has 0 amide bonds. The van der Waals surface area contributed by atoms with Gasteiger partial charge in [0.2, 0.25) is 0 Å². The lowest BCUT2D eigenvalue weighted by molar-refractivity contribution is 0.235. The molecule has 0 unspecified atom stereocenters. The Kier molecular flexibility index (Phi) is 4.30. The average Bonchev–Trinajstić information content (AvgIpc) is 2.99. The summed E-state index contributed by atoms with van der Waals surface area (Å²) in [6.45, 7) is 5.29. The van der Waals surface area contributed by atoms with Gasteiger partial charge in [-0.3, -0.25) is 4.90 Å². The third-order valence-corrected chi connectivity index (χ3v) is 3.46. The van der Waals surface area contributed by atoms with E-state index in [0.717, 1.165) is 31.1 Å². The molecule has 2 rings (SSSR count). The molecule has 0 saturated heterocycles. The van der Waals surface area contributed by atoms with Gasteiger partial charge < -0.3 is 10.3 Å². The van der Waals surface area contributed by atoms with Crippen LogP contribution in [0.15, 0.2) is 28.1 Å². The summed E-state index contributed by atoms with van der Waals surface area (Å²) in [7, 11) is 0. The van der Waals surface area contributed by atoms with Gasteiger partial charge in [-0.25, -0.2) is 0 Å². The minimum atomic E-state index is 0.431. The Labute approximate surface area is 105 Å². The van der Waals surface area contributed by atoms with Crippen LogP contribution in [-0.4, -0.2) is 16.6 Å². The quantitative estimate of drug-likeness (QED) is 0.855. The summed E-state index contributed by atoms with van der Waals surface area (Å²) in [5.41, 5.74) is 6.31. The summed E-state index contributed by atoms with van der Waals surface area (Å²) >= 11 is 1.78. The summed E-state index contributed by atoms with van der Waals surface area (Å²) in [5.74, 6) is 0.879. The fourth-order valence-electron chi connectivity index (χ4n) is 1.65. The number of thiophene rings is 1. The first-order valence-electron chi connectivity index (χ1n) is 5.71. The fraction of sp³-hybridized carbons (Fsp3) is 0.417. The van der Waals surface area contributed by atoms with Crippen molar-refractivity contribution in [2.75, 3.05) is 6.54 Å². The van der Waals surface area contributed by atoms with E-state index in [4.69, 9.17) is 10.3 Å². The molecule has 0 fully saturated rings. The first-order valence-corrected chi connectivity index (χ1v) is 6.59. The molecule has 0 aromatic carbocycles. The second-order valence-electron chi connectivity index (χ2n) is 3.87. The molecule has 0 spiro atoms. The third-order valence-electron chi connectivity index (χ3n) is 2.60. The lowest BCUT2D eigenvalue weighted by Crippen LogP contribution is -2.21. The molecule has 0 aliphatic rings. The topological polar surface area (TPSA) is 55.3 Å². The van der Waals surface area contributed by atoms with Gasteiger partial charge >= 0.3 is 0 Å². The van der Waals surface area contributed by atoms with Crippen molar-refractivity contribution in [3.8, 4) is 0 Å². The van der Waals surface area contributed by atoms with E-state index in [2.05, 4.69) is 34.5 Å². The van der Waals surface area contributed by atoms with E-state index in [1.54, 1.807) is 11.3 Å². The highest BCUT2D eigenvalue weighted by Gasteiger charge is 2.09. The number of hydrogen-bond acceptors (Lipinski definition) is 5. The molecule has 0 atom stereocenters. The second kappa shape index (κ2) is 5.95. The first-order chi connectivity index (χ1) is 8.31. The van der Waals surface area contributed by atoms with Crippen molar-refractivity contribution in [3.05, 3.63) is 39.9 Å². The lowest BCUT2D eigenvalue weighted by Gasteiger charge is -2.17. The zero-order valence-corrected chi connectivity index (χ0v) is 10.7. The summed E-state index contributed by atoms with van der Waals surface area (Å²) in [5, 5.41) is 6.00. The average molecular weight is 251 g/mol. The largest absolute Gasteiger partial charge is 0.360 e. The van der Waals surface area contributed by atoms with E-state index < -0.39 is 0 Å². The van der Waals surface area contributed by atoms with Crippen molar-refractivity contribution in [1.29, 1.82) is 0 Å². The number of nitrogens with zero attached hydrogens (tertiary/aromatic N) is 2. The van der Waals surface area contributed by atoms with Gasteiger partial charge in [0.1, 0.15) is 0 Å². The molecule has 0 aliphatic heterocycles. The minimum Gasteiger partial charge on any atom is -0.360 e. The summed E-state index contributed by atoms with van der Waals surface area (Å²) < 4.78 is 5.24. The van der Waals surface area contributed by atoms with Gasteiger partial charge in [-0.1, -0.05) is 18.1 Å². The molecular weight excluding hydrogens is 234 g/mol. The molecule has 0 saturated carbocycles. The zero-order valence-electron chi connectivity index (χ0n) is 9.93. The third kappa shape index (κ3) is 3.39. The van der Waals surface area contributed by atoms with Gasteiger partial charge in [-0.15, -0.1) is 11.3 Å². The van der Waals surface area contributed by atoms with E-state index in [1.807, 2.05) is 6.07 Å². The van der Waals surface area contributed by atoms with Crippen LogP contribution in [0.5, 0.6) is 0 Å². The summed E-state index contributed by atoms with van der Waals surface area (Å²) in [6.07, 6.45) is 0. The van der Waals surface area contributed by atoms with Gasteiger partial charge in [-0.2, -0.15) is 0 Å². The Morgan fingerprint density at radius 3 is 2.94 bits per heavy atom. The van der Waals surface area contributed by atoms with Crippen molar-refractivity contribution < 1.29 is 4.52 Å². The maximum atomic E-state index is 5.50. The lowest BCUT2D eigenvalue weighted by atomic mass is 10.3. The molecule has 2 N–H and O–H groups in total. The molecule has 0 aliphatic carbocycles. The highest BCUT2D eigenvalue weighted by atomic mass is 32.1. The molecule has 5 heteroatoms. The maximum absolute atomic E-state index is 5.50. The Morgan fingerprint density at radius 1 is 1.47 bits per heavy atom. The molecular formula is C12H17N3OS. The zero-order chi connectivity index (χ0) is 12.1. The molecule has 0 bridgehead atoms. The predicted octanol–water partition coefficient (Wildman–Crippen LogP) is 2.22. The van der Waals surface area contributed by atoms with Crippen LogP contribution in [0.4, 0.5) is 0 Å². The molecule has 2 aromatic heterocycles. The molecule has 4 nitrogen and oxygen atoms in total. The minimum absolute atomic E-state index is 0.431. The fourth-order valence-corrected chi connectivity index (χ4v) is 2.40. The van der Waals surface area contributed by atoms with Crippen LogP contribution in [-0.2, 0) is 19.6 Å². The van der Waals surface area contributed by atoms with Crippen LogP contribution >= 0.6 is 11.3 Å². The Hall–Kier alpha value is -1.17. The van der Waals surface area contributed by atoms with Gasteiger partial charge in [0.25, 0.3) is 0 Å². The van der Waals surface area contributed by atoms with E-state index in [1.165, 1.54) is 4.88 Å². The van der Waals surface area contributed by atoms with E-state index in [0.29, 0.717) is 6.54 Å². The Bertz CT molecular complexity index is 438. The monoisotopic (exact) mass is 251 g/mol. The van der Waals surface area contributed by atoms with Crippen molar-refractivity contribution in [2.24, 2.45) is 5.73 Å². The number of aromatic nitrogens is 1. The van der Waals surface area contributed by atoms with E-state index >= 15 is 0 Å². The van der Waals surface area contributed by atoms with E-state index in [-0.39, 0.29) is 0 Å². The highest BCUT2D eigenvalue weighted by Crippen LogP contribution is 2.14. The SMILES string of the molecule is CCN(Cc1cc(CN)no1)Cc1cccs1. The van der Waals surface area contributed by atoms with Crippen LogP contribution in [0.3, 0.4) is 0 Å². The van der Waals surface area contributed by atoms with Crippen molar-refractivity contribution in [2.45, 2.75) is 26.6 Å². The van der Waals surface area contributed by atoms with Crippen LogP contribution in [0.2, 0.25) is 0 Å². The van der Waals surface area contributed by atoms with E-state index in [9.17, 15) is 0 Å². The van der Waals surface area contributed by atoms with Crippen LogP contribution in [0, 0.1) is 0 Å². The molecule has 2 aromatic rings. The van der Waals surface area contributed by atoms with Crippen molar-refractivity contribution in [3.63, 3.8) is 0 Å². The standard InChI is InChI=1S/C12H17N3OS/c1-2-15(9-12-4-3-5-17-12)8-11-6-10(7-13)14-16-11/h3-6H,2,7-9,13H2,1H3. The predicted molar refractivity (Wildman–Crippen MR) is 68.5 cm³/mol. The van der Waals surface area contributed by atoms with Crippen molar-refractivity contribution in [1.82, 2.24) is 10.1 Å². The molecule has 17 heavy (non-hydrogen) atoms. The highest BCUT2D eigenvalue weighted by molar-refractivity contribution is 7.09. The van der Waals surface area contributed by atoms with Gasteiger partial charge in [0.15, 0.2) is 5.76 Å². The molecule has 2 heterocycles. The molecule has 92 valence electrons. The Morgan fingerprint density at radius 2 is 2.35 bits per heavy atom. The summed E-state index contributed by atoms with van der Waals surface area (Å²) in [6, 6.07) is 6.16.